The van der Waals surface area contributed by atoms with Crippen molar-refractivity contribution in [1.82, 2.24) is 4.90 Å². The number of hydrogen-bond donors (Lipinski definition) is 1. The van der Waals surface area contributed by atoms with Gasteiger partial charge in [0.05, 0.1) is 39.0 Å². The summed E-state index contributed by atoms with van der Waals surface area (Å²) in [5.41, 5.74) is 0. The van der Waals surface area contributed by atoms with Crippen LogP contribution >= 0.6 is 0 Å². The second-order valence-electron chi connectivity index (χ2n) is 5.79. The molecule has 17 heavy (non-hydrogen) atoms. The van der Waals surface area contributed by atoms with Crippen molar-refractivity contribution >= 4 is 11.8 Å². The molecule has 0 aromatic heterocycles. The number of nitrogens with zero attached hydrogens (tertiary/aromatic N) is 1. The average molecular weight is 235 g/mol. The van der Waals surface area contributed by atoms with Gasteiger partial charge in [-0.25, -0.2) is 0 Å². The molecule has 3 aliphatic rings. The van der Waals surface area contributed by atoms with Gasteiger partial charge in [-0.1, -0.05) is 12.2 Å². The molecule has 0 radical (unpaired) electrons. The summed E-state index contributed by atoms with van der Waals surface area (Å²) in [6.07, 6.45) is 5.29. The molecule has 4 heteroatoms. The van der Waals surface area contributed by atoms with Crippen LogP contribution in [0, 0.1) is 23.7 Å². The van der Waals surface area contributed by atoms with Gasteiger partial charge in [0.15, 0.2) is 0 Å². The maximum atomic E-state index is 12.3. The summed E-state index contributed by atoms with van der Waals surface area (Å²) < 4.78 is 0. The lowest BCUT2D eigenvalue weighted by Gasteiger charge is -2.17. The smallest absolute Gasteiger partial charge is 0.233 e. The number of fused-ring (bicyclic) bond motifs is 5. The molecule has 2 aliphatic carbocycles. The molecule has 1 saturated heterocycles. The third-order valence-corrected chi connectivity index (χ3v) is 4.40. The van der Waals surface area contributed by atoms with Gasteiger partial charge in [0.2, 0.25) is 11.8 Å². The van der Waals surface area contributed by atoms with Gasteiger partial charge in [0, 0.05) is 0 Å². The number of hydrogen-bond acceptors (Lipinski definition) is 2. The molecular weight excluding hydrogens is 216 g/mol. The van der Waals surface area contributed by atoms with Crippen LogP contribution in [0.25, 0.3) is 0 Å². The average Bonchev–Trinajstić information content (AvgIpc) is 2.92. The monoisotopic (exact) mass is 235 g/mol. The van der Waals surface area contributed by atoms with Crippen molar-refractivity contribution < 1.29 is 14.5 Å². The fraction of sp³-hybridized carbons (Fsp3) is 0.692. The predicted octanol–water partition coefficient (Wildman–Crippen LogP) is -1.06. The molecule has 4 nitrogen and oxygen atoms in total. The largest absolute Gasteiger partial charge is 0.338 e. The Morgan fingerprint density at radius 3 is 2.18 bits per heavy atom. The summed E-state index contributed by atoms with van der Waals surface area (Å²) in [6.45, 7) is 1.41. The first-order valence-electron chi connectivity index (χ1n) is 6.42. The minimum atomic E-state index is -0.0327. The van der Waals surface area contributed by atoms with E-state index < -0.39 is 0 Å². The van der Waals surface area contributed by atoms with Crippen molar-refractivity contribution in [3.63, 3.8) is 0 Å². The minimum absolute atomic E-state index is 0.0327. The van der Waals surface area contributed by atoms with Crippen LogP contribution < -0.4 is 4.90 Å². The number of likely N-dealkylation sites (N-methyl/N-ethyl adjacent to an activating group) is 1. The Hall–Kier alpha value is -1.16. The van der Waals surface area contributed by atoms with Crippen molar-refractivity contribution in [2.45, 2.75) is 6.42 Å². The van der Waals surface area contributed by atoms with Gasteiger partial charge in [-0.05, 0) is 18.3 Å². The van der Waals surface area contributed by atoms with Gasteiger partial charge < -0.3 is 4.90 Å². The molecule has 0 aromatic carbocycles. The van der Waals surface area contributed by atoms with Crippen LogP contribution in [0.2, 0.25) is 0 Å². The van der Waals surface area contributed by atoms with Crippen molar-refractivity contribution in [1.29, 1.82) is 0 Å². The molecule has 0 aromatic rings. The number of carbonyl (C=O) groups excluding carboxylic acids is 2. The Balaban J connectivity index is 1.78. The van der Waals surface area contributed by atoms with Gasteiger partial charge in [-0.15, -0.1) is 0 Å². The SMILES string of the molecule is C[NH+](C)CCN1C(=O)[C@@H]2[C@H](C1=O)[C@H]1C=C[C@H]2C1. The van der Waals surface area contributed by atoms with Gasteiger partial charge >= 0.3 is 0 Å². The molecule has 1 N–H and O–H groups in total. The normalized spacial score (nSPS) is 38.6. The summed E-state index contributed by atoms with van der Waals surface area (Å²) >= 11 is 0. The molecular formula is C13H19N2O2+. The van der Waals surface area contributed by atoms with Crippen LogP contribution in [-0.2, 0) is 9.59 Å². The van der Waals surface area contributed by atoms with Gasteiger partial charge in [-0.2, -0.15) is 0 Å². The Kier molecular flexibility index (Phi) is 2.36. The van der Waals surface area contributed by atoms with E-state index in [-0.39, 0.29) is 23.7 Å². The van der Waals surface area contributed by atoms with E-state index in [0.29, 0.717) is 18.4 Å². The first-order valence-corrected chi connectivity index (χ1v) is 6.42. The zero-order valence-electron chi connectivity index (χ0n) is 10.3. The first-order chi connectivity index (χ1) is 8.09. The number of carbonyl (C=O) groups is 2. The second-order valence-corrected chi connectivity index (χ2v) is 5.79. The van der Waals surface area contributed by atoms with E-state index in [2.05, 4.69) is 12.2 Å². The number of likely N-dealkylation sites (tertiary alicyclic amines) is 1. The molecule has 0 spiro atoms. The Morgan fingerprint density at radius 1 is 1.18 bits per heavy atom. The standard InChI is InChI=1S/C13H18N2O2/c1-14(2)5-6-15-12(16)10-8-3-4-9(7-8)11(10)13(15)17/h3-4,8-11H,5-7H2,1-2H3/p+1/t8-,9-,10-,11+/m0/s1. The highest BCUT2D eigenvalue weighted by atomic mass is 16.2. The molecule has 1 saturated carbocycles. The van der Waals surface area contributed by atoms with E-state index in [0.717, 1.165) is 13.0 Å². The third kappa shape index (κ3) is 1.47. The second kappa shape index (κ2) is 3.67. The first kappa shape index (κ1) is 11.0. The Labute approximate surface area is 101 Å². The van der Waals surface area contributed by atoms with Gasteiger partial charge in [0.25, 0.3) is 0 Å². The maximum absolute atomic E-state index is 12.3. The molecule has 2 amide bonds. The van der Waals surface area contributed by atoms with Crippen molar-refractivity contribution in [3.8, 4) is 0 Å². The number of rotatable bonds is 3. The molecule has 92 valence electrons. The molecule has 4 atom stereocenters. The van der Waals surface area contributed by atoms with Gasteiger partial charge in [0.1, 0.15) is 0 Å². The summed E-state index contributed by atoms with van der Waals surface area (Å²) in [6, 6.07) is 0. The Bertz CT molecular complexity index is 372. The zero-order chi connectivity index (χ0) is 12.2. The quantitative estimate of drug-likeness (QED) is 0.500. The summed E-state index contributed by atoms with van der Waals surface area (Å²) in [5, 5.41) is 0. The van der Waals surface area contributed by atoms with Crippen LogP contribution in [0.4, 0.5) is 0 Å². The third-order valence-electron chi connectivity index (χ3n) is 4.40. The van der Waals surface area contributed by atoms with Gasteiger partial charge in [-0.3, -0.25) is 14.5 Å². The summed E-state index contributed by atoms with van der Waals surface area (Å²) in [4.78, 5) is 27.3. The van der Waals surface area contributed by atoms with Crippen molar-refractivity contribution in [2.24, 2.45) is 23.7 Å². The number of allylic oxidation sites excluding steroid dienone is 2. The van der Waals surface area contributed by atoms with Crippen LogP contribution in [0.15, 0.2) is 12.2 Å². The van der Waals surface area contributed by atoms with E-state index >= 15 is 0 Å². The lowest BCUT2D eigenvalue weighted by Crippen LogP contribution is -3.06. The maximum Gasteiger partial charge on any atom is 0.233 e. The fourth-order valence-electron chi connectivity index (χ4n) is 3.52. The number of quaternary nitrogens is 1. The van der Waals surface area contributed by atoms with Crippen molar-refractivity contribution in [2.75, 3.05) is 27.2 Å². The summed E-state index contributed by atoms with van der Waals surface area (Å²) in [5.74, 6) is 0.761. The van der Waals surface area contributed by atoms with Crippen LogP contribution in [-0.4, -0.2) is 43.9 Å². The summed E-state index contributed by atoms with van der Waals surface area (Å²) in [7, 11) is 4.08. The number of amides is 2. The number of nitrogens with one attached hydrogen (secondary N) is 1. The fourth-order valence-corrected chi connectivity index (χ4v) is 3.52. The van der Waals surface area contributed by atoms with E-state index in [1.54, 1.807) is 0 Å². The van der Waals surface area contributed by atoms with Crippen LogP contribution in [0.1, 0.15) is 6.42 Å². The topological polar surface area (TPSA) is 41.8 Å². The lowest BCUT2D eigenvalue weighted by atomic mass is 9.85. The van der Waals surface area contributed by atoms with E-state index in [9.17, 15) is 9.59 Å². The highest BCUT2D eigenvalue weighted by Gasteiger charge is 2.59. The number of imide groups is 1. The molecule has 2 fully saturated rings. The van der Waals surface area contributed by atoms with E-state index in [1.165, 1.54) is 9.80 Å². The minimum Gasteiger partial charge on any atom is -0.338 e. The molecule has 2 bridgehead atoms. The molecule has 3 rings (SSSR count). The molecule has 1 aliphatic heterocycles. The van der Waals surface area contributed by atoms with Crippen LogP contribution in [0.3, 0.4) is 0 Å². The predicted molar refractivity (Wildman–Crippen MR) is 62.1 cm³/mol. The van der Waals surface area contributed by atoms with Crippen molar-refractivity contribution in [3.05, 3.63) is 12.2 Å². The lowest BCUT2D eigenvalue weighted by molar-refractivity contribution is -0.857. The molecule has 1 heterocycles. The Morgan fingerprint density at radius 2 is 1.71 bits per heavy atom. The van der Waals surface area contributed by atoms with Crippen LogP contribution in [0.5, 0.6) is 0 Å². The van der Waals surface area contributed by atoms with E-state index in [1.807, 2.05) is 14.1 Å². The molecule has 0 unspecified atom stereocenters. The highest BCUT2D eigenvalue weighted by Crippen LogP contribution is 2.52. The zero-order valence-corrected chi connectivity index (χ0v) is 10.3. The highest BCUT2D eigenvalue weighted by molar-refractivity contribution is 6.06. The van der Waals surface area contributed by atoms with E-state index in [4.69, 9.17) is 0 Å².